The Kier molecular flexibility index (Phi) is 2.54. The van der Waals surface area contributed by atoms with Gasteiger partial charge in [-0.25, -0.2) is 5.06 Å². The number of carbonyl (C=O) groups excluding carboxylic acids is 1. The third-order valence-corrected chi connectivity index (χ3v) is 3.43. The fourth-order valence-corrected chi connectivity index (χ4v) is 2.50. The number of rotatable bonds is 1. The number of nitrogens with zero attached hydrogens (tertiary/aromatic N) is 2. The molecule has 0 aromatic rings. The largest absolute Gasteiger partial charge is 0.286 e. The summed E-state index contributed by atoms with van der Waals surface area (Å²) >= 11 is 0. The van der Waals surface area contributed by atoms with E-state index in [1.807, 2.05) is 13.8 Å². The van der Waals surface area contributed by atoms with Crippen molar-refractivity contribution in [1.29, 1.82) is 0 Å². The Balaban J connectivity index is 2.26. The van der Waals surface area contributed by atoms with Gasteiger partial charge in [-0.2, -0.15) is 4.99 Å². The SMILES string of the molecule is CC(C)C1=NC(=O)C2(CCCCC2)N1O. The van der Waals surface area contributed by atoms with Gasteiger partial charge < -0.3 is 0 Å². The van der Waals surface area contributed by atoms with Gasteiger partial charge >= 0.3 is 0 Å². The zero-order valence-electron chi connectivity index (χ0n) is 9.36. The molecule has 0 atom stereocenters. The van der Waals surface area contributed by atoms with E-state index < -0.39 is 5.54 Å². The van der Waals surface area contributed by atoms with Gasteiger partial charge in [0.05, 0.1) is 0 Å². The Hall–Kier alpha value is -0.900. The van der Waals surface area contributed by atoms with E-state index in [1.54, 1.807) is 0 Å². The van der Waals surface area contributed by atoms with Crippen molar-refractivity contribution in [2.75, 3.05) is 0 Å². The molecule has 4 heteroatoms. The van der Waals surface area contributed by atoms with E-state index in [0.717, 1.165) is 37.2 Å². The summed E-state index contributed by atoms with van der Waals surface area (Å²) in [6, 6.07) is 0. The maximum atomic E-state index is 11.9. The fraction of sp³-hybridized carbons (Fsp3) is 0.818. The molecule has 1 aliphatic heterocycles. The lowest BCUT2D eigenvalue weighted by atomic mass is 9.81. The van der Waals surface area contributed by atoms with Crippen LogP contribution in [0.4, 0.5) is 0 Å². The van der Waals surface area contributed by atoms with Crippen molar-refractivity contribution in [3.63, 3.8) is 0 Å². The van der Waals surface area contributed by atoms with Crippen LogP contribution in [0, 0.1) is 5.92 Å². The molecule has 4 nitrogen and oxygen atoms in total. The molecular formula is C11H18N2O2. The van der Waals surface area contributed by atoms with Crippen molar-refractivity contribution in [2.24, 2.45) is 10.9 Å². The number of hydroxylamine groups is 2. The van der Waals surface area contributed by atoms with Crippen LogP contribution in [-0.2, 0) is 4.79 Å². The van der Waals surface area contributed by atoms with Gasteiger partial charge in [0, 0.05) is 5.92 Å². The highest BCUT2D eigenvalue weighted by Gasteiger charge is 2.50. The van der Waals surface area contributed by atoms with Crippen LogP contribution < -0.4 is 0 Å². The number of hydrogen-bond donors (Lipinski definition) is 1. The predicted octanol–water partition coefficient (Wildman–Crippen LogP) is 1.98. The second-order valence-corrected chi connectivity index (χ2v) is 4.83. The quantitative estimate of drug-likeness (QED) is 0.720. The molecule has 1 amide bonds. The van der Waals surface area contributed by atoms with E-state index in [-0.39, 0.29) is 11.8 Å². The fourth-order valence-electron chi connectivity index (χ4n) is 2.50. The van der Waals surface area contributed by atoms with E-state index in [9.17, 15) is 10.0 Å². The first-order valence-electron chi connectivity index (χ1n) is 5.70. The number of hydrogen-bond acceptors (Lipinski definition) is 3. The van der Waals surface area contributed by atoms with Gasteiger partial charge in [-0.15, -0.1) is 0 Å². The minimum absolute atomic E-state index is 0.0975. The third kappa shape index (κ3) is 1.47. The van der Waals surface area contributed by atoms with Crippen molar-refractivity contribution in [2.45, 2.75) is 51.5 Å². The van der Waals surface area contributed by atoms with Crippen LogP contribution >= 0.6 is 0 Å². The predicted molar refractivity (Wildman–Crippen MR) is 56.7 cm³/mol. The van der Waals surface area contributed by atoms with Crippen LogP contribution in [0.25, 0.3) is 0 Å². The van der Waals surface area contributed by atoms with Crippen molar-refractivity contribution >= 4 is 11.7 Å². The standard InChI is InChI=1S/C11H18N2O2/c1-8(2)9-12-10(14)11(13(9)15)6-4-3-5-7-11/h8,15H,3-7H2,1-2H3. The lowest BCUT2D eigenvalue weighted by Crippen LogP contribution is -2.51. The monoisotopic (exact) mass is 210 g/mol. The number of aliphatic imine (C=N–C) groups is 1. The van der Waals surface area contributed by atoms with Crippen molar-refractivity contribution in [3.8, 4) is 0 Å². The number of carbonyl (C=O) groups is 1. The molecule has 1 spiro atoms. The van der Waals surface area contributed by atoms with Gasteiger partial charge in [0.25, 0.3) is 5.91 Å². The van der Waals surface area contributed by atoms with E-state index in [1.165, 1.54) is 0 Å². The zero-order valence-corrected chi connectivity index (χ0v) is 9.36. The summed E-state index contributed by atoms with van der Waals surface area (Å²) in [5.41, 5.74) is -0.710. The third-order valence-electron chi connectivity index (χ3n) is 3.43. The second kappa shape index (κ2) is 3.59. The number of amides is 1. The van der Waals surface area contributed by atoms with Crippen molar-refractivity contribution in [3.05, 3.63) is 0 Å². The van der Waals surface area contributed by atoms with E-state index >= 15 is 0 Å². The first-order chi connectivity index (χ1) is 7.08. The van der Waals surface area contributed by atoms with Gasteiger partial charge in [0.15, 0.2) is 0 Å². The highest BCUT2D eigenvalue weighted by atomic mass is 16.5. The molecule has 0 radical (unpaired) electrons. The van der Waals surface area contributed by atoms with Crippen LogP contribution in [0.3, 0.4) is 0 Å². The normalized spacial score (nSPS) is 25.2. The molecule has 0 unspecified atom stereocenters. The molecule has 84 valence electrons. The average Bonchev–Trinajstić information content (AvgIpc) is 2.45. The first kappa shape index (κ1) is 10.6. The molecule has 1 fully saturated rings. The minimum atomic E-state index is -0.710. The molecule has 1 aliphatic carbocycles. The summed E-state index contributed by atoms with van der Waals surface area (Å²) in [6.07, 6.45) is 4.64. The molecular weight excluding hydrogens is 192 g/mol. The molecule has 0 aromatic heterocycles. The van der Waals surface area contributed by atoms with Gasteiger partial charge in [-0.3, -0.25) is 10.0 Å². The summed E-state index contributed by atoms with van der Waals surface area (Å²) in [7, 11) is 0. The maximum absolute atomic E-state index is 11.9. The topological polar surface area (TPSA) is 52.9 Å². The molecule has 0 saturated heterocycles. The van der Waals surface area contributed by atoms with Gasteiger partial charge in [-0.05, 0) is 12.8 Å². The molecule has 1 heterocycles. The number of amidine groups is 1. The molecule has 2 rings (SSSR count). The molecule has 15 heavy (non-hydrogen) atoms. The maximum Gasteiger partial charge on any atom is 0.275 e. The van der Waals surface area contributed by atoms with Crippen LogP contribution in [-0.4, -0.2) is 27.6 Å². The Labute approximate surface area is 89.9 Å². The van der Waals surface area contributed by atoms with E-state index in [2.05, 4.69) is 4.99 Å². The van der Waals surface area contributed by atoms with E-state index in [0.29, 0.717) is 5.84 Å². The van der Waals surface area contributed by atoms with Crippen molar-refractivity contribution in [1.82, 2.24) is 5.06 Å². The minimum Gasteiger partial charge on any atom is -0.286 e. The highest BCUT2D eigenvalue weighted by Crippen LogP contribution is 2.38. The van der Waals surface area contributed by atoms with Crippen LogP contribution in [0.5, 0.6) is 0 Å². The second-order valence-electron chi connectivity index (χ2n) is 4.83. The van der Waals surface area contributed by atoms with Gasteiger partial charge in [0.1, 0.15) is 11.4 Å². The summed E-state index contributed by atoms with van der Waals surface area (Å²) in [5, 5.41) is 11.2. The van der Waals surface area contributed by atoms with Gasteiger partial charge in [-0.1, -0.05) is 33.1 Å². The average molecular weight is 210 g/mol. The summed E-state index contributed by atoms with van der Waals surface area (Å²) < 4.78 is 0. The Morgan fingerprint density at radius 1 is 1.33 bits per heavy atom. The highest BCUT2D eigenvalue weighted by molar-refractivity contribution is 6.06. The molecule has 1 N–H and O–H groups in total. The summed E-state index contributed by atoms with van der Waals surface area (Å²) in [5.74, 6) is 0.482. The Bertz CT molecular complexity index is 304. The van der Waals surface area contributed by atoms with Crippen molar-refractivity contribution < 1.29 is 10.0 Å². The lowest BCUT2D eigenvalue weighted by Gasteiger charge is -2.37. The van der Waals surface area contributed by atoms with Gasteiger partial charge in [0.2, 0.25) is 0 Å². The summed E-state index contributed by atoms with van der Waals surface area (Å²) in [6.45, 7) is 3.88. The Morgan fingerprint density at radius 2 is 1.93 bits per heavy atom. The summed E-state index contributed by atoms with van der Waals surface area (Å²) in [4.78, 5) is 15.9. The van der Waals surface area contributed by atoms with E-state index in [4.69, 9.17) is 0 Å². The molecule has 2 aliphatic rings. The molecule has 1 saturated carbocycles. The lowest BCUT2D eigenvalue weighted by molar-refractivity contribution is -0.150. The first-order valence-corrected chi connectivity index (χ1v) is 5.70. The smallest absolute Gasteiger partial charge is 0.275 e. The molecule has 0 bridgehead atoms. The Morgan fingerprint density at radius 3 is 2.40 bits per heavy atom. The molecule has 0 aromatic carbocycles. The zero-order chi connectivity index (χ0) is 11.1. The van der Waals surface area contributed by atoms with Crippen LogP contribution in [0.1, 0.15) is 46.0 Å². The van der Waals surface area contributed by atoms with Crippen LogP contribution in [0.2, 0.25) is 0 Å². The van der Waals surface area contributed by atoms with Crippen LogP contribution in [0.15, 0.2) is 4.99 Å².